The largest absolute Gasteiger partial charge is 0.366 e. The van der Waals surface area contributed by atoms with Gasteiger partial charge in [0.1, 0.15) is 11.7 Å². The Morgan fingerprint density at radius 1 is 1.50 bits per heavy atom. The topological polar surface area (TPSA) is 71.7 Å². The van der Waals surface area contributed by atoms with E-state index in [9.17, 15) is 5.11 Å². The second-order valence-electron chi connectivity index (χ2n) is 5.72. The number of fused-ring (bicyclic) bond motifs is 1. The summed E-state index contributed by atoms with van der Waals surface area (Å²) < 4.78 is 17.3. The van der Waals surface area contributed by atoms with Gasteiger partial charge in [0.25, 0.3) is 0 Å². The molecule has 5 heteroatoms. The Bertz CT molecular complexity index is 368. The van der Waals surface area contributed by atoms with Gasteiger partial charge < -0.3 is 19.3 Å². The van der Waals surface area contributed by atoms with Crippen LogP contribution in [-0.4, -0.2) is 41.9 Å². The number of nitrogens with zero attached hydrogens (tertiary/aromatic N) is 1. The van der Waals surface area contributed by atoms with E-state index in [1.165, 1.54) is 0 Å². The Morgan fingerprint density at radius 3 is 3.11 bits per heavy atom. The van der Waals surface area contributed by atoms with Gasteiger partial charge in [-0.25, -0.2) is 0 Å². The van der Waals surface area contributed by atoms with Crippen molar-refractivity contribution in [1.29, 1.82) is 5.26 Å². The maximum Gasteiger partial charge on any atom is 0.181 e. The minimum absolute atomic E-state index is 0.0103. The van der Waals surface area contributed by atoms with Gasteiger partial charge in [-0.3, -0.25) is 0 Å². The van der Waals surface area contributed by atoms with Crippen LogP contribution in [-0.2, 0) is 14.2 Å². The fraction of sp³-hybridized carbons (Fsp3) is 0.923. The molecule has 5 nitrogen and oxygen atoms in total. The smallest absolute Gasteiger partial charge is 0.181 e. The van der Waals surface area contributed by atoms with Crippen LogP contribution in [0, 0.1) is 17.2 Å². The Hall–Kier alpha value is -0.670. The maximum atomic E-state index is 9.64. The summed E-state index contributed by atoms with van der Waals surface area (Å²) in [7, 11) is 0. The number of hydrogen-bond acceptors (Lipinski definition) is 5. The first kappa shape index (κ1) is 12.4. The Kier molecular flexibility index (Phi) is 3.07. The second kappa shape index (κ2) is 4.46. The molecule has 3 heterocycles. The van der Waals surface area contributed by atoms with Gasteiger partial charge in [-0.05, 0) is 26.2 Å². The summed E-state index contributed by atoms with van der Waals surface area (Å²) in [6.07, 6.45) is 2.38. The molecule has 0 aromatic rings. The summed E-state index contributed by atoms with van der Waals surface area (Å²) in [4.78, 5) is 0. The predicted molar refractivity (Wildman–Crippen MR) is 61.5 cm³/mol. The van der Waals surface area contributed by atoms with Crippen LogP contribution in [0.25, 0.3) is 0 Å². The average molecular weight is 253 g/mol. The molecule has 3 rings (SSSR count). The minimum Gasteiger partial charge on any atom is -0.366 e. The molecule has 100 valence electrons. The SMILES string of the molecule is C[C@@H](C#N)CC1CCC2OC3CC2(CO[C@@H]3O)O1. The highest BCUT2D eigenvalue weighted by Gasteiger charge is 2.58. The van der Waals surface area contributed by atoms with Gasteiger partial charge >= 0.3 is 0 Å². The Balaban J connectivity index is 1.69. The van der Waals surface area contributed by atoms with Crippen LogP contribution in [0.1, 0.15) is 32.6 Å². The van der Waals surface area contributed by atoms with Crippen molar-refractivity contribution in [2.45, 2.75) is 62.8 Å². The predicted octanol–water partition coefficient (Wildman–Crippen LogP) is 0.960. The molecule has 3 aliphatic rings. The zero-order valence-electron chi connectivity index (χ0n) is 10.5. The van der Waals surface area contributed by atoms with Gasteiger partial charge in [0, 0.05) is 12.3 Å². The van der Waals surface area contributed by atoms with Crippen LogP contribution in [0.4, 0.5) is 0 Å². The van der Waals surface area contributed by atoms with Crippen molar-refractivity contribution in [3.63, 3.8) is 0 Å². The van der Waals surface area contributed by atoms with Crippen molar-refractivity contribution in [2.75, 3.05) is 6.61 Å². The molecule has 1 N–H and O–H groups in total. The molecule has 0 aromatic carbocycles. The maximum absolute atomic E-state index is 9.64. The number of rotatable bonds is 2. The first-order valence-electron chi connectivity index (χ1n) is 6.65. The molecule has 0 amide bonds. The molecule has 0 radical (unpaired) electrons. The van der Waals surface area contributed by atoms with Crippen LogP contribution < -0.4 is 0 Å². The Labute approximate surface area is 107 Å². The molecule has 6 atom stereocenters. The molecule has 0 aromatic heterocycles. The van der Waals surface area contributed by atoms with E-state index in [-0.39, 0.29) is 29.8 Å². The van der Waals surface area contributed by atoms with Crippen molar-refractivity contribution in [3.8, 4) is 6.07 Å². The molecular formula is C13H19NO4. The number of aliphatic hydroxyl groups is 1. The molecule has 2 bridgehead atoms. The standard InChI is InChI=1S/C13H19NO4/c1-8(6-14)4-9-2-3-11-13(18-9)5-10(17-11)12(15)16-7-13/h8-12,15H,2-5,7H2,1H3/t8-,9?,10?,11?,12+,13?/m1/s1. The average Bonchev–Trinajstić information content (AvgIpc) is 2.68. The first-order chi connectivity index (χ1) is 8.63. The zero-order valence-corrected chi connectivity index (χ0v) is 10.5. The van der Waals surface area contributed by atoms with Crippen molar-refractivity contribution in [2.24, 2.45) is 5.92 Å². The molecular weight excluding hydrogens is 234 g/mol. The fourth-order valence-corrected chi connectivity index (χ4v) is 3.34. The van der Waals surface area contributed by atoms with E-state index < -0.39 is 6.29 Å². The summed E-state index contributed by atoms with van der Waals surface area (Å²) in [6.45, 7) is 2.31. The van der Waals surface area contributed by atoms with Gasteiger partial charge in [-0.1, -0.05) is 0 Å². The summed E-state index contributed by atoms with van der Waals surface area (Å²) in [6, 6.07) is 2.25. The third kappa shape index (κ3) is 1.94. The second-order valence-corrected chi connectivity index (χ2v) is 5.72. The third-order valence-corrected chi connectivity index (χ3v) is 4.28. The molecule has 1 spiro atoms. The van der Waals surface area contributed by atoms with E-state index >= 15 is 0 Å². The van der Waals surface area contributed by atoms with Crippen LogP contribution in [0.3, 0.4) is 0 Å². The Morgan fingerprint density at radius 2 is 2.33 bits per heavy atom. The van der Waals surface area contributed by atoms with Crippen LogP contribution in [0.2, 0.25) is 0 Å². The lowest BCUT2D eigenvalue weighted by Crippen LogP contribution is -2.54. The molecule has 18 heavy (non-hydrogen) atoms. The van der Waals surface area contributed by atoms with Crippen LogP contribution in [0.15, 0.2) is 0 Å². The summed E-state index contributed by atoms with van der Waals surface area (Å²) in [5.74, 6) is 0.0103. The monoisotopic (exact) mass is 253 g/mol. The van der Waals surface area contributed by atoms with Crippen molar-refractivity contribution < 1.29 is 19.3 Å². The molecule has 4 unspecified atom stereocenters. The zero-order chi connectivity index (χ0) is 12.8. The molecule has 3 fully saturated rings. The minimum atomic E-state index is -0.818. The lowest BCUT2D eigenvalue weighted by molar-refractivity contribution is -0.223. The molecule has 3 aliphatic heterocycles. The summed E-state index contributed by atoms with van der Waals surface area (Å²) >= 11 is 0. The fourth-order valence-electron chi connectivity index (χ4n) is 3.34. The quantitative estimate of drug-likeness (QED) is 0.793. The summed E-state index contributed by atoms with van der Waals surface area (Å²) in [5.41, 5.74) is -0.387. The molecule has 3 saturated heterocycles. The van der Waals surface area contributed by atoms with Gasteiger partial charge in [0.05, 0.1) is 24.9 Å². The highest BCUT2D eigenvalue weighted by atomic mass is 16.7. The van der Waals surface area contributed by atoms with E-state index in [1.807, 2.05) is 6.92 Å². The highest BCUT2D eigenvalue weighted by molar-refractivity contribution is 5.04. The number of ether oxygens (including phenoxy) is 3. The van der Waals surface area contributed by atoms with E-state index in [2.05, 4.69) is 6.07 Å². The van der Waals surface area contributed by atoms with Crippen LogP contribution in [0.5, 0.6) is 0 Å². The third-order valence-electron chi connectivity index (χ3n) is 4.28. The lowest BCUT2D eigenvalue weighted by atomic mass is 9.84. The number of aliphatic hydroxyl groups excluding tert-OH is 1. The van der Waals surface area contributed by atoms with E-state index in [0.717, 1.165) is 19.3 Å². The van der Waals surface area contributed by atoms with E-state index in [0.29, 0.717) is 13.0 Å². The highest BCUT2D eigenvalue weighted by Crippen LogP contribution is 2.46. The first-order valence-corrected chi connectivity index (χ1v) is 6.65. The van der Waals surface area contributed by atoms with E-state index in [4.69, 9.17) is 19.5 Å². The number of hydrogen-bond donors (Lipinski definition) is 1. The molecule has 0 saturated carbocycles. The summed E-state index contributed by atoms with van der Waals surface area (Å²) in [5, 5.41) is 18.5. The van der Waals surface area contributed by atoms with Gasteiger partial charge in [0.2, 0.25) is 0 Å². The lowest BCUT2D eigenvalue weighted by Gasteiger charge is -2.43. The van der Waals surface area contributed by atoms with Crippen LogP contribution >= 0.6 is 0 Å². The van der Waals surface area contributed by atoms with Crippen molar-refractivity contribution in [1.82, 2.24) is 0 Å². The molecule has 0 aliphatic carbocycles. The number of nitriles is 1. The van der Waals surface area contributed by atoms with E-state index in [1.54, 1.807) is 0 Å². The normalized spacial score (nSPS) is 48.3. The van der Waals surface area contributed by atoms with Gasteiger partial charge in [-0.2, -0.15) is 5.26 Å². The van der Waals surface area contributed by atoms with Gasteiger partial charge in [-0.15, -0.1) is 0 Å². The van der Waals surface area contributed by atoms with Crippen molar-refractivity contribution >= 4 is 0 Å². The van der Waals surface area contributed by atoms with Crippen molar-refractivity contribution in [3.05, 3.63) is 0 Å². The van der Waals surface area contributed by atoms with Gasteiger partial charge in [0.15, 0.2) is 6.29 Å².